The van der Waals surface area contributed by atoms with Crippen molar-refractivity contribution in [2.24, 2.45) is 0 Å². The molecule has 0 radical (unpaired) electrons. The molecule has 2 saturated heterocycles. The summed E-state index contributed by atoms with van der Waals surface area (Å²) in [6.07, 6.45) is 5.53. The molecule has 0 aromatic rings. The molecule has 3 nitrogen and oxygen atoms in total. The minimum Gasteiger partial charge on any atom is -0.310 e. The lowest BCUT2D eigenvalue weighted by atomic mass is 10.1. The van der Waals surface area contributed by atoms with E-state index in [1.807, 2.05) is 0 Å². The summed E-state index contributed by atoms with van der Waals surface area (Å²) in [5.41, 5.74) is 1.36. The molecule has 1 saturated carbocycles. The Bertz CT molecular complexity index is 311. The number of nitrogens with one attached hydrogen (secondary N) is 1. The summed E-state index contributed by atoms with van der Waals surface area (Å²) in [7, 11) is 0. The topological polar surface area (TPSA) is 18.5 Å². The summed E-state index contributed by atoms with van der Waals surface area (Å²) in [6.45, 7) is 12.6. The average Bonchev–Trinajstić information content (AvgIpc) is 3.07. The van der Waals surface area contributed by atoms with Gasteiger partial charge < -0.3 is 5.32 Å². The highest BCUT2D eigenvalue weighted by Crippen LogP contribution is 2.25. The molecule has 2 heterocycles. The Labute approximate surface area is 111 Å². The van der Waals surface area contributed by atoms with Crippen LogP contribution in [0, 0.1) is 0 Å². The maximum atomic E-state index is 4.25. The van der Waals surface area contributed by atoms with Crippen molar-refractivity contribution in [2.45, 2.75) is 50.7 Å². The van der Waals surface area contributed by atoms with Gasteiger partial charge in [-0.25, -0.2) is 0 Å². The van der Waals surface area contributed by atoms with Gasteiger partial charge >= 0.3 is 0 Å². The van der Waals surface area contributed by atoms with Crippen molar-refractivity contribution in [3.63, 3.8) is 0 Å². The molecule has 3 heteroatoms. The number of rotatable bonds is 5. The lowest BCUT2D eigenvalue weighted by Gasteiger charge is -2.42. The van der Waals surface area contributed by atoms with Crippen molar-refractivity contribution in [3.05, 3.63) is 12.2 Å². The van der Waals surface area contributed by atoms with Crippen LogP contribution >= 0.6 is 0 Å². The van der Waals surface area contributed by atoms with Gasteiger partial charge in [0.05, 0.1) is 0 Å². The molecule has 0 aromatic carbocycles. The smallest absolute Gasteiger partial charge is 0.0224 e. The zero-order valence-corrected chi connectivity index (χ0v) is 11.7. The summed E-state index contributed by atoms with van der Waals surface area (Å²) in [6, 6.07) is 2.31. The first-order valence-electron chi connectivity index (χ1n) is 7.60. The van der Waals surface area contributed by atoms with Crippen LogP contribution in [0.25, 0.3) is 0 Å². The van der Waals surface area contributed by atoms with E-state index in [1.54, 1.807) is 0 Å². The van der Waals surface area contributed by atoms with E-state index in [0.29, 0.717) is 6.04 Å². The van der Waals surface area contributed by atoms with Crippen molar-refractivity contribution in [1.82, 2.24) is 15.1 Å². The van der Waals surface area contributed by atoms with Crippen LogP contribution in [-0.2, 0) is 0 Å². The molecule has 2 unspecified atom stereocenters. The first-order chi connectivity index (χ1) is 8.72. The van der Waals surface area contributed by atoms with Gasteiger partial charge in [0, 0.05) is 44.3 Å². The SMILES string of the molecule is C=C(CNC1CC1)CN1CC2CCCN2CC1C. The van der Waals surface area contributed by atoms with E-state index in [-0.39, 0.29) is 0 Å². The van der Waals surface area contributed by atoms with Crippen molar-refractivity contribution in [2.75, 3.05) is 32.7 Å². The van der Waals surface area contributed by atoms with Crippen LogP contribution in [-0.4, -0.2) is 60.6 Å². The monoisotopic (exact) mass is 249 g/mol. The van der Waals surface area contributed by atoms with Crippen LogP contribution in [0.4, 0.5) is 0 Å². The lowest BCUT2D eigenvalue weighted by molar-refractivity contribution is 0.0663. The van der Waals surface area contributed by atoms with Crippen molar-refractivity contribution < 1.29 is 0 Å². The van der Waals surface area contributed by atoms with E-state index in [9.17, 15) is 0 Å². The average molecular weight is 249 g/mol. The summed E-state index contributed by atoms with van der Waals surface area (Å²) in [4.78, 5) is 5.33. The third-order valence-corrected chi connectivity index (χ3v) is 4.71. The molecule has 0 bridgehead atoms. The largest absolute Gasteiger partial charge is 0.310 e. The van der Waals surface area contributed by atoms with Crippen LogP contribution in [0.15, 0.2) is 12.2 Å². The fourth-order valence-corrected chi connectivity index (χ4v) is 3.39. The molecule has 2 atom stereocenters. The minimum absolute atomic E-state index is 0.692. The van der Waals surface area contributed by atoms with Crippen LogP contribution in [0.5, 0.6) is 0 Å². The minimum atomic E-state index is 0.692. The highest BCUT2D eigenvalue weighted by molar-refractivity contribution is 5.04. The molecule has 0 spiro atoms. The molecule has 3 aliphatic rings. The second kappa shape index (κ2) is 5.32. The predicted molar refractivity (Wildman–Crippen MR) is 75.8 cm³/mol. The van der Waals surface area contributed by atoms with Crippen molar-refractivity contribution >= 4 is 0 Å². The second-order valence-corrected chi connectivity index (χ2v) is 6.47. The van der Waals surface area contributed by atoms with Gasteiger partial charge in [-0.2, -0.15) is 0 Å². The van der Waals surface area contributed by atoms with E-state index in [2.05, 4.69) is 28.6 Å². The Hall–Kier alpha value is -0.380. The first-order valence-corrected chi connectivity index (χ1v) is 7.60. The number of nitrogens with zero attached hydrogens (tertiary/aromatic N) is 2. The van der Waals surface area contributed by atoms with Crippen molar-refractivity contribution in [3.8, 4) is 0 Å². The van der Waals surface area contributed by atoms with E-state index in [0.717, 1.165) is 25.2 Å². The van der Waals surface area contributed by atoms with Gasteiger partial charge in [0.1, 0.15) is 0 Å². The normalized spacial score (nSPS) is 33.6. The Kier molecular flexibility index (Phi) is 3.73. The zero-order valence-electron chi connectivity index (χ0n) is 11.7. The van der Waals surface area contributed by atoms with Gasteiger partial charge in [-0.15, -0.1) is 0 Å². The molecule has 102 valence electrons. The zero-order chi connectivity index (χ0) is 12.5. The third kappa shape index (κ3) is 2.95. The maximum Gasteiger partial charge on any atom is 0.0224 e. The highest BCUT2D eigenvalue weighted by Gasteiger charge is 2.34. The summed E-state index contributed by atoms with van der Waals surface area (Å²) < 4.78 is 0. The molecular weight excluding hydrogens is 222 g/mol. The van der Waals surface area contributed by atoms with Crippen LogP contribution < -0.4 is 5.32 Å². The Balaban J connectivity index is 1.46. The van der Waals surface area contributed by atoms with Gasteiger partial charge in [0.2, 0.25) is 0 Å². The molecule has 3 rings (SSSR count). The Morgan fingerprint density at radius 1 is 1.28 bits per heavy atom. The predicted octanol–water partition coefficient (Wildman–Crippen LogP) is 1.46. The molecular formula is C15H27N3. The number of piperazine rings is 1. The molecule has 2 aliphatic heterocycles. The molecule has 1 N–H and O–H groups in total. The standard InChI is InChI=1S/C15H27N3/c1-12(8-16-14-5-6-14)9-18-11-15-4-3-7-17(15)10-13(18)2/h13-16H,1,3-11H2,2H3. The fourth-order valence-electron chi connectivity index (χ4n) is 3.39. The van der Waals surface area contributed by atoms with Gasteiger partial charge in [-0.3, -0.25) is 9.80 Å². The summed E-state index contributed by atoms with van der Waals surface area (Å²) >= 11 is 0. The number of hydrogen-bond acceptors (Lipinski definition) is 3. The number of hydrogen-bond donors (Lipinski definition) is 1. The third-order valence-electron chi connectivity index (χ3n) is 4.71. The summed E-state index contributed by atoms with van der Waals surface area (Å²) in [5.74, 6) is 0. The molecule has 3 fully saturated rings. The van der Waals surface area contributed by atoms with Crippen LogP contribution in [0.3, 0.4) is 0 Å². The van der Waals surface area contributed by atoms with E-state index in [4.69, 9.17) is 0 Å². The van der Waals surface area contributed by atoms with Gasteiger partial charge in [-0.05, 0) is 44.7 Å². The Morgan fingerprint density at radius 3 is 2.89 bits per heavy atom. The first kappa shape index (κ1) is 12.6. The van der Waals surface area contributed by atoms with Gasteiger partial charge in [0.25, 0.3) is 0 Å². The van der Waals surface area contributed by atoms with Gasteiger partial charge in [-0.1, -0.05) is 6.58 Å². The van der Waals surface area contributed by atoms with E-state index in [1.165, 1.54) is 50.9 Å². The molecule has 18 heavy (non-hydrogen) atoms. The van der Waals surface area contributed by atoms with Crippen LogP contribution in [0.2, 0.25) is 0 Å². The quantitative estimate of drug-likeness (QED) is 0.744. The van der Waals surface area contributed by atoms with Crippen molar-refractivity contribution in [1.29, 1.82) is 0 Å². The lowest BCUT2D eigenvalue weighted by Crippen LogP contribution is -2.55. The number of fused-ring (bicyclic) bond motifs is 1. The van der Waals surface area contributed by atoms with Crippen LogP contribution in [0.1, 0.15) is 32.6 Å². The Morgan fingerprint density at radius 2 is 2.11 bits per heavy atom. The van der Waals surface area contributed by atoms with Gasteiger partial charge in [0.15, 0.2) is 0 Å². The maximum absolute atomic E-state index is 4.25. The molecule has 1 aliphatic carbocycles. The van der Waals surface area contributed by atoms with E-state index >= 15 is 0 Å². The molecule has 0 aromatic heterocycles. The molecule has 0 amide bonds. The fraction of sp³-hybridized carbons (Fsp3) is 0.867. The second-order valence-electron chi connectivity index (χ2n) is 6.47. The van der Waals surface area contributed by atoms with E-state index < -0.39 is 0 Å². The summed E-state index contributed by atoms with van der Waals surface area (Å²) in [5, 5.41) is 3.57. The highest BCUT2D eigenvalue weighted by atomic mass is 15.3.